The van der Waals surface area contributed by atoms with Gasteiger partial charge in [0.25, 0.3) is 0 Å². The average molecular weight is 249 g/mol. The Morgan fingerprint density at radius 1 is 1.33 bits per heavy atom. The molecule has 0 saturated heterocycles. The highest BCUT2D eigenvalue weighted by atomic mass is 16.5. The molecule has 1 aliphatic carbocycles. The predicted octanol–water partition coefficient (Wildman–Crippen LogP) is 3.26. The van der Waals surface area contributed by atoms with Gasteiger partial charge >= 0.3 is 0 Å². The number of hydrogen-bond donors (Lipinski definition) is 1. The summed E-state index contributed by atoms with van der Waals surface area (Å²) in [4.78, 5) is 8.39. The molecule has 1 aromatic rings. The van der Waals surface area contributed by atoms with Gasteiger partial charge in [-0.15, -0.1) is 0 Å². The first-order valence-corrected chi connectivity index (χ1v) is 7.01. The van der Waals surface area contributed by atoms with Crippen molar-refractivity contribution in [3.8, 4) is 5.88 Å². The molecule has 1 N–H and O–H groups in total. The molecule has 0 bridgehead atoms. The van der Waals surface area contributed by atoms with Gasteiger partial charge in [0.2, 0.25) is 5.88 Å². The highest BCUT2D eigenvalue weighted by molar-refractivity contribution is 5.38. The van der Waals surface area contributed by atoms with Gasteiger partial charge in [-0.3, -0.25) is 0 Å². The normalized spacial score (nSPS) is 23.7. The molecule has 0 spiro atoms. The van der Waals surface area contributed by atoms with Gasteiger partial charge in [0.15, 0.2) is 0 Å². The first-order chi connectivity index (χ1) is 8.79. The van der Waals surface area contributed by atoms with Crippen molar-refractivity contribution in [3.63, 3.8) is 0 Å². The van der Waals surface area contributed by atoms with E-state index in [1.807, 2.05) is 6.07 Å². The lowest BCUT2D eigenvalue weighted by atomic mass is 9.86. The Hall–Kier alpha value is -1.32. The summed E-state index contributed by atoms with van der Waals surface area (Å²) in [6, 6.07) is 2.43. The van der Waals surface area contributed by atoms with Gasteiger partial charge in [0, 0.05) is 12.1 Å². The molecule has 0 aliphatic heterocycles. The maximum absolute atomic E-state index is 5.52. The second-order valence-corrected chi connectivity index (χ2v) is 5.10. The van der Waals surface area contributed by atoms with Crippen LogP contribution >= 0.6 is 0 Å². The predicted molar refractivity (Wildman–Crippen MR) is 72.9 cm³/mol. The smallest absolute Gasteiger partial charge is 0.218 e. The Bertz CT molecular complexity index is 370. The lowest BCUT2D eigenvalue weighted by Gasteiger charge is -2.29. The van der Waals surface area contributed by atoms with E-state index >= 15 is 0 Å². The van der Waals surface area contributed by atoms with Gasteiger partial charge in [-0.2, -0.15) is 0 Å². The maximum Gasteiger partial charge on any atom is 0.218 e. The highest BCUT2D eigenvalue weighted by Crippen LogP contribution is 2.26. The maximum atomic E-state index is 5.52. The number of nitrogens with zero attached hydrogens (tertiary/aromatic N) is 2. The van der Waals surface area contributed by atoms with Crippen molar-refractivity contribution in [2.75, 3.05) is 11.9 Å². The fourth-order valence-corrected chi connectivity index (χ4v) is 2.42. The minimum Gasteiger partial charge on any atom is -0.478 e. The van der Waals surface area contributed by atoms with Gasteiger partial charge in [0.05, 0.1) is 6.61 Å². The number of rotatable bonds is 5. The third kappa shape index (κ3) is 3.59. The van der Waals surface area contributed by atoms with E-state index in [0.29, 0.717) is 24.4 Å². The lowest BCUT2D eigenvalue weighted by molar-refractivity contribution is 0.304. The zero-order chi connectivity index (χ0) is 12.8. The fraction of sp³-hybridized carbons (Fsp3) is 0.714. The Morgan fingerprint density at radius 2 is 2.17 bits per heavy atom. The van der Waals surface area contributed by atoms with Crippen molar-refractivity contribution < 1.29 is 4.74 Å². The number of hydrogen-bond acceptors (Lipinski definition) is 4. The van der Waals surface area contributed by atoms with Crippen molar-refractivity contribution in [1.82, 2.24) is 9.97 Å². The van der Waals surface area contributed by atoms with Crippen LogP contribution in [0.15, 0.2) is 12.4 Å². The molecule has 2 atom stereocenters. The number of aromatic nitrogens is 2. The summed E-state index contributed by atoms with van der Waals surface area (Å²) in [5.41, 5.74) is 0. The van der Waals surface area contributed by atoms with E-state index in [1.54, 1.807) is 6.33 Å². The van der Waals surface area contributed by atoms with Crippen molar-refractivity contribution in [2.45, 2.75) is 52.0 Å². The molecule has 1 heterocycles. The van der Waals surface area contributed by atoms with E-state index in [2.05, 4.69) is 29.1 Å². The number of nitrogens with one attached hydrogen (secondary N) is 1. The van der Waals surface area contributed by atoms with Crippen LogP contribution < -0.4 is 10.1 Å². The van der Waals surface area contributed by atoms with Gasteiger partial charge < -0.3 is 10.1 Å². The highest BCUT2D eigenvalue weighted by Gasteiger charge is 2.21. The average Bonchev–Trinajstić information content (AvgIpc) is 2.40. The van der Waals surface area contributed by atoms with Crippen molar-refractivity contribution in [3.05, 3.63) is 12.4 Å². The van der Waals surface area contributed by atoms with E-state index in [0.717, 1.165) is 12.2 Å². The zero-order valence-electron chi connectivity index (χ0n) is 11.4. The molecule has 100 valence electrons. The molecule has 1 saturated carbocycles. The minimum atomic E-state index is 0.535. The molecule has 4 nitrogen and oxygen atoms in total. The summed E-state index contributed by atoms with van der Waals surface area (Å²) in [6.45, 7) is 5.10. The van der Waals surface area contributed by atoms with Crippen LogP contribution in [0.3, 0.4) is 0 Å². The summed E-state index contributed by atoms with van der Waals surface area (Å²) in [5, 5.41) is 3.52. The first kappa shape index (κ1) is 13.1. The summed E-state index contributed by atoms with van der Waals surface area (Å²) in [6.07, 6.45) is 7.77. The minimum absolute atomic E-state index is 0.535. The molecule has 2 rings (SSSR count). The molecule has 0 radical (unpaired) electrons. The van der Waals surface area contributed by atoms with Crippen molar-refractivity contribution >= 4 is 5.82 Å². The summed E-state index contributed by atoms with van der Waals surface area (Å²) < 4.78 is 5.52. The first-order valence-electron chi connectivity index (χ1n) is 7.01. The van der Waals surface area contributed by atoms with Crippen LogP contribution in [0.4, 0.5) is 5.82 Å². The lowest BCUT2D eigenvalue weighted by Crippen LogP contribution is -2.30. The zero-order valence-corrected chi connectivity index (χ0v) is 11.4. The molecule has 1 aromatic heterocycles. The Balaban J connectivity index is 1.95. The van der Waals surface area contributed by atoms with Crippen molar-refractivity contribution in [1.29, 1.82) is 0 Å². The second kappa shape index (κ2) is 6.57. The third-order valence-corrected chi connectivity index (χ3v) is 3.54. The molecule has 4 heteroatoms. The topological polar surface area (TPSA) is 47.0 Å². The van der Waals surface area contributed by atoms with E-state index < -0.39 is 0 Å². The molecule has 0 amide bonds. The van der Waals surface area contributed by atoms with Gasteiger partial charge in [-0.1, -0.05) is 26.7 Å². The van der Waals surface area contributed by atoms with Gasteiger partial charge in [-0.05, 0) is 25.2 Å². The summed E-state index contributed by atoms with van der Waals surface area (Å²) in [5.74, 6) is 2.27. The molecular weight excluding hydrogens is 226 g/mol. The Kier molecular flexibility index (Phi) is 4.79. The molecule has 18 heavy (non-hydrogen) atoms. The van der Waals surface area contributed by atoms with E-state index in [4.69, 9.17) is 4.74 Å². The Labute approximate surface area is 109 Å². The number of anilines is 1. The van der Waals surface area contributed by atoms with Crippen LogP contribution in [0.5, 0.6) is 5.88 Å². The standard InChI is InChI=1S/C14H23N3O/c1-3-8-18-14-9-13(15-10-16-14)17-12-7-5-4-6-11(12)2/h9-12H,3-8H2,1-2H3,(H,15,16,17). The largest absolute Gasteiger partial charge is 0.478 e. The fourth-order valence-electron chi connectivity index (χ4n) is 2.42. The molecule has 1 fully saturated rings. The molecule has 0 aromatic carbocycles. The van der Waals surface area contributed by atoms with Crippen molar-refractivity contribution in [2.24, 2.45) is 5.92 Å². The SMILES string of the molecule is CCCOc1cc(NC2CCCCC2C)ncn1. The van der Waals surface area contributed by atoms with Crippen LogP contribution in [0.1, 0.15) is 46.0 Å². The van der Waals surface area contributed by atoms with Crippen LogP contribution in [0.25, 0.3) is 0 Å². The summed E-state index contributed by atoms with van der Waals surface area (Å²) >= 11 is 0. The van der Waals surface area contributed by atoms with Crippen LogP contribution in [0.2, 0.25) is 0 Å². The Morgan fingerprint density at radius 3 is 2.94 bits per heavy atom. The monoisotopic (exact) mass is 249 g/mol. The van der Waals surface area contributed by atoms with E-state index in [1.165, 1.54) is 25.7 Å². The second-order valence-electron chi connectivity index (χ2n) is 5.10. The number of ether oxygens (including phenoxy) is 1. The molecule has 2 unspecified atom stereocenters. The van der Waals surface area contributed by atoms with E-state index in [9.17, 15) is 0 Å². The third-order valence-electron chi connectivity index (χ3n) is 3.54. The van der Waals surface area contributed by atoms with E-state index in [-0.39, 0.29) is 0 Å². The van der Waals surface area contributed by atoms with Crippen LogP contribution in [-0.2, 0) is 0 Å². The molecule has 1 aliphatic rings. The van der Waals surface area contributed by atoms with Crippen LogP contribution in [-0.4, -0.2) is 22.6 Å². The molecular formula is C14H23N3O. The van der Waals surface area contributed by atoms with Gasteiger partial charge in [-0.25, -0.2) is 9.97 Å². The quantitative estimate of drug-likeness (QED) is 0.870. The summed E-state index contributed by atoms with van der Waals surface area (Å²) in [7, 11) is 0. The van der Waals surface area contributed by atoms with Crippen LogP contribution in [0, 0.1) is 5.92 Å². The van der Waals surface area contributed by atoms with Gasteiger partial charge in [0.1, 0.15) is 12.1 Å².